The van der Waals surface area contributed by atoms with Crippen LogP contribution in [0.5, 0.6) is 5.75 Å². The number of amides is 1. The molecule has 1 fully saturated rings. The van der Waals surface area contributed by atoms with Crippen LogP contribution in [0.25, 0.3) is 0 Å². The van der Waals surface area contributed by atoms with Gasteiger partial charge in [-0.15, -0.1) is 0 Å². The van der Waals surface area contributed by atoms with Gasteiger partial charge in [0.1, 0.15) is 12.4 Å². The van der Waals surface area contributed by atoms with Gasteiger partial charge in [0.2, 0.25) is 0 Å². The molecule has 0 spiro atoms. The average Bonchev–Trinajstić information content (AvgIpc) is 3.08. The van der Waals surface area contributed by atoms with E-state index >= 15 is 0 Å². The standard InChI is InChI=1S/C23H29N3O2/c1-18-6-8-20(15-24-18)23(27)26-12-13-28-22-9-7-19(14-21(22)17-26)16-25-10-4-2-3-5-11-25/h6-9,14-15H,2-5,10-13,16-17H2,1H3. The molecule has 0 radical (unpaired) electrons. The normalized spacial score (nSPS) is 18.0. The molecule has 2 aliphatic rings. The highest BCUT2D eigenvalue weighted by Crippen LogP contribution is 2.26. The molecule has 1 aromatic heterocycles. The predicted molar refractivity (Wildman–Crippen MR) is 109 cm³/mol. The van der Waals surface area contributed by atoms with E-state index in [1.54, 1.807) is 6.20 Å². The molecule has 0 bridgehead atoms. The van der Waals surface area contributed by atoms with Crippen LogP contribution in [0.2, 0.25) is 0 Å². The molecule has 3 heterocycles. The first-order valence-electron chi connectivity index (χ1n) is 10.4. The Hall–Kier alpha value is -2.40. The average molecular weight is 380 g/mol. The fourth-order valence-electron chi connectivity index (χ4n) is 4.05. The molecule has 0 atom stereocenters. The number of benzene rings is 1. The summed E-state index contributed by atoms with van der Waals surface area (Å²) in [5.74, 6) is 0.916. The number of ether oxygens (including phenoxy) is 1. The van der Waals surface area contributed by atoms with E-state index in [1.165, 1.54) is 44.3 Å². The van der Waals surface area contributed by atoms with E-state index < -0.39 is 0 Å². The molecule has 0 N–H and O–H groups in total. The Bertz CT molecular complexity index is 811. The van der Waals surface area contributed by atoms with Crippen LogP contribution < -0.4 is 4.74 Å². The molecule has 0 unspecified atom stereocenters. The summed E-state index contributed by atoms with van der Waals surface area (Å²) in [4.78, 5) is 21.6. The summed E-state index contributed by atoms with van der Waals surface area (Å²) in [5.41, 5.74) is 3.95. The Morgan fingerprint density at radius 3 is 2.64 bits per heavy atom. The third-order valence-electron chi connectivity index (χ3n) is 5.66. The molecular formula is C23H29N3O2. The molecular weight excluding hydrogens is 350 g/mol. The lowest BCUT2D eigenvalue weighted by atomic mass is 10.1. The molecule has 1 saturated heterocycles. The van der Waals surface area contributed by atoms with Gasteiger partial charge in [-0.05, 0) is 62.7 Å². The van der Waals surface area contributed by atoms with Crippen LogP contribution in [0.3, 0.4) is 0 Å². The SMILES string of the molecule is Cc1ccc(C(=O)N2CCOc3ccc(CN4CCCCCC4)cc3C2)cn1. The van der Waals surface area contributed by atoms with Crippen molar-refractivity contribution in [1.29, 1.82) is 0 Å². The molecule has 5 heteroatoms. The maximum atomic E-state index is 12.9. The Kier molecular flexibility index (Phi) is 5.91. The predicted octanol–water partition coefficient (Wildman–Crippen LogP) is 3.80. The van der Waals surface area contributed by atoms with Gasteiger partial charge in [-0.2, -0.15) is 0 Å². The quantitative estimate of drug-likeness (QED) is 0.814. The summed E-state index contributed by atoms with van der Waals surface area (Å²) >= 11 is 0. The zero-order chi connectivity index (χ0) is 19.3. The van der Waals surface area contributed by atoms with Crippen molar-refractivity contribution >= 4 is 5.91 Å². The van der Waals surface area contributed by atoms with Crippen LogP contribution in [0.1, 0.15) is 52.9 Å². The fourth-order valence-corrected chi connectivity index (χ4v) is 4.05. The number of hydrogen-bond acceptors (Lipinski definition) is 4. The van der Waals surface area contributed by atoms with Crippen LogP contribution >= 0.6 is 0 Å². The smallest absolute Gasteiger partial charge is 0.255 e. The molecule has 5 nitrogen and oxygen atoms in total. The van der Waals surface area contributed by atoms with Crippen LogP contribution in [-0.4, -0.2) is 46.9 Å². The van der Waals surface area contributed by atoms with Crippen molar-refractivity contribution in [2.45, 2.75) is 45.7 Å². The topological polar surface area (TPSA) is 45.7 Å². The van der Waals surface area contributed by atoms with Gasteiger partial charge in [-0.3, -0.25) is 14.7 Å². The van der Waals surface area contributed by atoms with Gasteiger partial charge in [-0.25, -0.2) is 0 Å². The van der Waals surface area contributed by atoms with Crippen LogP contribution in [-0.2, 0) is 13.1 Å². The van der Waals surface area contributed by atoms with E-state index in [-0.39, 0.29) is 5.91 Å². The van der Waals surface area contributed by atoms with Gasteiger partial charge in [0.15, 0.2) is 0 Å². The second-order valence-corrected chi connectivity index (χ2v) is 7.90. The summed E-state index contributed by atoms with van der Waals surface area (Å²) in [6.45, 7) is 6.94. The largest absolute Gasteiger partial charge is 0.491 e. The van der Waals surface area contributed by atoms with Crippen molar-refractivity contribution in [3.05, 3.63) is 58.9 Å². The number of carbonyl (C=O) groups excluding carboxylic acids is 1. The lowest BCUT2D eigenvalue weighted by molar-refractivity contribution is 0.0733. The van der Waals surface area contributed by atoms with Gasteiger partial charge in [0.25, 0.3) is 5.91 Å². The number of aryl methyl sites for hydroxylation is 1. The van der Waals surface area contributed by atoms with Crippen LogP contribution in [0, 0.1) is 6.92 Å². The summed E-state index contributed by atoms with van der Waals surface area (Å²) < 4.78 is 5.93. The third-order valence-corrected chi connectivity index (χ3v) is 5.66. The number of nitrogens with zero attached hydrogens (tertiary/aromatic N) is 3. The van der Waals surface area contributed by atoms with E-state index in [1.807, 2.05) is 24.0 Å². The first-order valence-corrected chi connectivity index (χ1v) is 10.4. The van der Waals surface area contributed by atoms with E-state index in [2.05, 4.69) is 28.1 Å². The summed E-state index contributed by atoms with van der Waals surface area (Å²) in [7, 11) is 0. The highest BCUT2D eigenvalue weighted by molar-refractivity contribution is 5.94. The molecule has 0 saturated carbocycles. The molecule has 148 valence electrons. The molecule has 1 aromatic carbocycles. The van der Waals surface area contributed by atoms with Crippen molar-refractivity contribution in [1.82, 2.24) is 14.8 Å². The van der Waals surface area contributed by atoms with Crippen molar-refractivity contribution in [2.24, 2.45) is 0 Å². The van der Waals surface area contributed by atoms with Crippen molar-refractivity contribution in [3.8, 4) is 5.75 Å². The minimum absolute atomic E-state index is 0.0156. The van der Waals surface area contributed by atoms with Crippen molar-refractivity contribution in [3.63, 3.8) is 0 Å². The van der Waals surface area contributed by atoms with Crippen molar-refractivity contribution in [2.75, 3.05) is 26.2 Å². The van der Waals surface area contributed by atoms with Crippen molar-refractivity contribution < 1.29 is 9.53 Å². The third kappa shape index (κ3) is 4.53. The zero-order valence-corrected chi connectivity index (χ0v) is 16.7. The molecule has 1 amide bonds. The Morgan fingerprint density at radius 1 is 1.07 bits per heavy atom. The maximum Gasteiger partial charge on any atom is 0.255 e. The monoisotopic (exact) mass is 379 g/mol. The Balaban J connectivity index is 1.49. The van der Waals surface area contributed by atoms with Gasteiger partial charge in [-0.1, -0.05) is 18.9 Å². The first-order chi connectivity index (χ1) is 13.7. The minimum atomic E-state index is 0.0156. The summed E-state index contributed by atoms with van der Waals surface area (Å²) in [6.07, 6.45) is 6.95. The lowest BCUT2D eigenvalue weighted by Crippen LogP contribution is -2.32. The van der Waals surface area contributed by atoms with Gasteiger partial charge < -0.3 is 9.64 Å². The number of aromatic nitrogens is 1. The molecule has 2 aliphatic heterocycles. The summed E-state index contributed by atoms with van der Waals surface area (Å²) in [5, 5.41) is 0. The van der Waals surface area contributed by atoms with E-state index in [0.717, 1.165) is 23.6 Å². The van der Waals surface area contributed by atoms with Crippen LogP contribution in [0.4, 0.5) is 0 Å². The lowest BCUT2D eigenvalue weighted by Gasteiger charge is -2.22. The summed E-state index contributed by atoms with van der Waals surface area (Å²) in [6, 6.07) is 10.2. The minimum Gasteiger partial charge on any atom is -0.491 e. The Labute approximate surface area is 167 Å². The maximum absolute atomic E-state index is 12.9. The highest BCUT2D eigenvalue weighted by Gasteiger charge is 2.22. The Morgan fingerprint density at radius 2 is 1.89 bits per heavy atom. The first kappa shape index (κ1) is 18.9. The number of carbonyl (C=O) groups is 1. The van der Waals surface area contributed by atoms with Crippen LogP contribution in [0.15, 0.2) is 36.5 Å². The molecule has 2 aromatic rings. The number of fused-ring (bicyclic) bond motifs is 1. The van der Waals surface area contributed by atoms with E-state index in [9.17, 15) is 4.79 Å². The van der Waals surface area contributed by atoms with E-state index in [0.29, 0.717) is 25.3 Å². The molecule has 28 heavy (non-hydrogen) atoms. The zero-order valence-electron chi connectivity index (χ0n) is 16.7. The second-order valence-electron chi connectivity index (χ2n) is 7.90. The van der Waals surface area contributed by atoms with Gasteiger partial charge in [0.05, 0.1) is 12.1 Å². The number of rotatable bonds is 3. The van der Waals surface area contributed by atoms with Gasteiger partial charge in [0, 0.05) is 30.5 Å². The number of pyridine rings is 1. The number of hydrogen-bond donors (Lipinski definition) is 0. The molecule has 4 rings (SSSR count). The highest BCUT2D eigenvalue weighted by atomic mass is 16.5. The van der Waals surface area contributed by atoms with Gasteiger partial charge >= 0.3 is 0 Å². The molecule has 0 aliphatic carbocycles. The number of likely N-dealkylation sites (tertiary alicyclic amines) is 1. The second kappa shape index (κ2) is 8.74. The van der Waals surface area contributed by atoms with E-state index in [4.69, 9.17) is 4.74 Å². The fraction of sp³-hybridized carbons (Fsp3) is 0.478.